The lowest BCUT2D eigenvalue weighted by atomic mass is 10.1. The molecule has 0 saturated heterocycles. The minimum absolute atomic E-state index is 0.0486. The van der Waals surface area contributed by atoms with Crippen molar-refractivity contribution >= 4 is 28.6 Å². The van der Waals surface area contributed by atoms with E-state index in [1.165, 1.54) is 6.07 Å². The largest absolute Gasteiger partial charge is 0.375 e. The normalized spacial score (nSPS) is 10.8. The number of aromatic nitrogens is 1. The van der Waals surface area contributed by atoms with Gasteiger partial charge in [0.15, 0.2) is 0 Å². The van der Waals surface area contributed by atoms with Crippen LogP contribution in [0.1, 0.15) is 34.8 Å². The molecule has 29 heavy (non-hydrogen) atoms. The molecule has 0 fully saturated rings. The average Bonchev–Trinajstić information content (AvgIpc) is 3.07. The molecule has 2 aromatic carbocycles. The van der Waals surface area contributed by atoms with Gasteiger partial charge in [-0.05, 0) is 32.9 Å². The molecule has 0 saturated carbocycles. The Morgan fingerprint density at radius 2 is 1.93 bits per heavy atom. The first kappa shape index (κ1) is 20.5. The summed E-state index contributed by atoms with van der Waals surface area (Å²) in [4.78, 5) is 28.8. The molecule has 0 aliphatic rings. The van der Waals surface area contributed by atoms with Crippen LogP contribution < -0.4 is 10.6 Å². The summed E-state index contributed by atoms with van der Waals surface area (Å²) in [7, 11) is 0. The Morgan fingerprint density at radius 3 is 2.59 bits per heavy atom. The van der Waals surface area contributed by atoms with Gasteiger partial charge in [-0.15, -0.1) is 11.3 Å². The van der Waals surface area contributed by atoms with Crippen molar-refractivity contribution in [3.8, 4) is 10.6 Å². The summed E-state index contributed by atoms with van der Waals surface area (Å²) in [5.74, 6) is -0.333. The second-order valence-electron chi connectivity index (χ2n) is 6.86. The van der Waals surface area contributed by atoms with Crippen LogP contribution >= 0.6 is 11.3 Å². The highest BCUT2D eigenvalue weighted by atomic mass is 32.1. The minimum Gasteiger partial charge on any atom is -0.375 e. The van der Waals surface area contributed by atoms with Crippen molar-refractivity contribution in [2.75, 3.05) is 5.32 Å². The molecule has 0 bridgehead atoms. The lowest BCUT2D eigenvalue weighted by Crippen LogP contribution is -2.30. The molecule has 3 rings (SSSR count). The first-order valence-electron chi connectivity index (χ1n) is 9.20. The maximum absolute atomic E-state index is 12.1. The number of hydrogen-bond acceptors (Lipinski definition) is 6. The number of nitrogens with one attached hydrogen (secondary N) is 2. The molecule has 0 radical (unpaired) electrons. The Morgan fingerprint density at radius 1 is 1.21 bits per heavy atom. The topological polar surface area (TPSA) is 97.2 Å². The highest BCUT2D eigenvalue weighted by molar-refractivity contribution is 7.15. The highest BCUT2D eigenvalue weighted by Gasteiger charge is 2.19. The minimum atomic E-state index is -0.483. The number of benzene rings is 2. The summed E-state index contributed by atoms with van der Waals surface area (Å²) < 4.78 is 0. The van der Waals surface area contributed by atoms with Crippen LogP contribution in [0.3, 0.4) is 0 Å². The van der Waals surface area contributed by atoms with Crippen LogP contribution in [0.15, 0.2) is 48.5 Å². The van der Waals surface area contributed by atoms with Crippen molar-refractivity contribution in [3.63, 3.8) is 0 Å². The zero-order valence-corrected chi connectivity index (χ0v) is 17.2. The zero-order valence-electron chi connectivity index (χ0n) is 16.4. The van der Waals surface area contributed by atoms with Crippen LogP contribution in [-0.2, 0) is 6.54 Å². The molecular weight excluding hydrogens is 388 g/mol. The lowest BCUT2D eigenvalue weighted by Gasteiger charge is -2.10. The monoisotopic (exact) mass is 410 g/mol. The highest BCUT2D eigenvalue weighted by Crippen LogP contribution is 2.30. The van der Waals surface area contributed by atoms with E-state index in [1.54, 1.807) is 23.5 Å². The number of rotatable bonds is 7. The van der Waals surface area contributed by atoms with Crippen LogP contribution in [0.4, 0.5) is 11.4 Å². The molecule has 0 unspecified atom stereocenters. The Bertz CT molecular complexity index is 1030. The zero-order chi connectivity index (χ0) is 21.0. The smallest absolute Gasteiger partial charge is 0.293 e. The third kappa shape index (κ3) is 4.97. The average molecular weight is 410 g/mol. The summed E-state index contributed by atoms with van der Waals surface area (Å²) >= 11 is 1.55. The Balaban J connectivity index is 1.79. The van der Waals surface area contributed by atoms with Crippen molar-refractivity contribution in [3.05, 3.63) is 74.8 Å². The van der Waals surface area contributed by atoms with E-state index in [-0.39, 0.29) is 23.2 Å². The molecule has 0 aliphatic heterocycles. The van der Waals surface area contributed by atoms with E-state index in [4.69, 9.17) is 0 Å². The van der Waals surface area contributed by atoms with Gasteiger partial charge in [0, 0.05) is 28.1 Å². The van der Waals surface area contributed by atoms with Gasteiger partial charge in [0.2, 0.25) is 0 Å². The molecule has 8 heteroatoms. The van der Waals surface area contributed by atoms with Gasteiger partial charge < -0.3 is 10.6 Å². The summed E-state index contributed by atoms with van der Waals surface area (Å²) in [6.45, 7) is 6.01. The van der Waals surface area contributed by atoms with Gasteiger partial charge in [0.25, 0.3) is 11.6 Å². The van der Waals surface area contributed by atoms with E-state index in [1.807, 2.05) is 51.1 Å². The van der Waals surface area contributed by atoms with Crippen LogP contribution in [0.5, 0.6) is 0 Å². The molecule has 2 N–H and O–H groups in total. The molecule has 1 amide bonds. The standard InChI is InChI=1S/C21H22N4O3S/c1-13(2)23-20(26)16-9-10-17(18(11-16)25(27)28)22-12-19-14(3)24-21(29-19)15-7-5-4-6-8-15/h4-11,13,22H,12H2,1-3H3,(H,23,26). The number of anilines is 1. The van der Waals surface area contributed by atoms with Gasteiger partial charge in [-0.25, -0.2) is 4.98 Å². The molecule has 150 valence electrons. The van der Waals surface area contributed by atoms with Gasteiger partial charge in [-0.3, -0.25) is 14.9 Å². The van der Waals surface area contributed by atoms with Gasteiger partial charge in [-0.2, -0.15) is 0 Å². The van der Waals surface area contributed by atoms with Crippen LogP contribution in [0.25, 0.3) is 10.6 Å². The maximum atomic E-state index is 12.1. The van der Waals surface area contributed by atoms with Crippen molar-refractivity contribution in [1.29, 1.82) is 0 Å². The lowest BCUT2D eigenvalue weighted by molar-refractivity contribution is -0.384. The Kier molecular flexibility index (Phi) is 6.23. The maximum Gasteiger partial charge on any atom is 0.293 e. The van der Waals surface area contributed by atoms with E-state index in [2.05, 4.69) is 15.6 Å². The summed E-state index contributed by atoms with van der Waals surface area (Å²) in [5, 5.41) is 18.3. The molecule has 0 atom stereocenters. The molecule has 3 aromatic rings. The Hall–Kier alpha value is -3.26. The van der Waals surface area contributed by atoms with Crippen molar-refractivity contribution < 1.29 is 9.72 Å². The first-order chi connectivity index (χ1) is 13.8. The SMILES string of the molecule is Cc1nc(-c2ccccc2)sc1CNc1ccc(C(=O)NC(C)C)cc1[N+](=O)[O-]. The van der Waals surface area contributed by atoms with E-state index in [0.717, 1.165) is 21.1 Å². The summed E-state index contributed by atoms with van der Waals surface area (Å²) in [5.41, 5.74) is 2.42. The molecule has 0 aliphatic carbocycles. The second-order valence-corrected chi connectivity index (χ2v) is 7.95. The van der Waals surface area contributed by atoms with E-state index in [9.17, 15) is 14.9 Å². The molecule has 1 heterocycles. The fraction of sp³-hybridized carbons (Fsp3) is 0.238. The van der Waals surface area contributed by atoms with Crippen molar-refractivity contribution in [2.45, 2.75) is 33.4 Å². The third-order valence-electron chi connectivity index (χ3n) is 4.23. The van der Waals surface area contributed by atoms with Crippen LogP contribution in [0, 0.1) is 17.0 Å². The number of thiazole rings is 1. The number of nitro benzene ring substituents is 1. The number of hydrogen-bond donors (Lipinski definition) is 2. The third-order valence-corrected chi connectivity index (χ3v) is 5.44. The fourth-order valence-corrected chi connectivity index (χ4v) is 3.80. The molecule has 7 nitrogen and oxygen atoms in total. The fourth-order valence-electron chi connectivity index (χ4n) is 2.79. The number of amides is 1. The predicted molar refractivity (Wildman–Crippen MR) is 115 cm³/mol. The van der Waals surface area contributed by atoms with E-state index >= 15 is 0 Å². The van der Waals surface area contributed by atoms with Gasteiger partial charge in [0.1, 0.15) is 10.7 Å². The number of aryl methyl sites for hydroxylation is 1. The molecule has 1 aromatic heterocycles. The predicted octanol–water partition coefficient (Wildman–Crippen LogP) is 4.78. The molecule has 0 spiro atoms. The van der Waals surface area contributed by atoms with Gasteiger partial charge in [-0.1, -0.05) is 30.3 Å². The number of nitro groups is 1. The number of nitrogens with zero attached hydrogens (tertiary/aromatic N) is 2. The summed E-state index contributed by atoms with van der Waals surface area (Å²) in [6.07, 6.45) is 0. The number of carbonyl (C=O) groups is 1. The van der Waals surface area contributed by atoms with E-state index in [0.29, 0.717) is 12.2 Å². The molecular formula is C21H22N4O3S. The van der Waals surface area contributed by atoms with Crippen LogP contribution in [-0.4, -0.2) is 21.9 Å². The first-order valence-corrected chi connectivity index (χ1v) is 10.0. The summed E-state index contributed by atoms with van der Waals surface area (Å²) in [6, 6.07) is 14.3. The number of carbonyl (C=O) groups excluding carboxylic acids is 1. The van der Waals surface area contributed by atoms with Gasteiger partial charge >= 0.3 is 0 Å². The van der Waals surface area contributed by atoms with Gasteiger partial charge in [0.05, 0.1) is 17.2 Å². The van der Waals surface area contributed by atoms with Crippen LogP contribution in [0.2, 0.25) is 0 Å². The van der Waals surface area contributed by atoms with E-state index < -0.39 is 4.92 Å². The Labute approximate surface area is 173 Å². The second kappa shape index (κ2) is 8.83. The quantitative estimate of drug-likeness (QED) is 0.432. The van der Waals surface area contributed by atoms with Crippen molar-refractivity contribution in [1.82, 2.24) is 10.3 Å². The van der Waals surface area contributed by atoms with Crippen molar-refractivity contribution in [2.24, 2.45) is 0 Å².